The van der Waals surface area contributed by atoms with Crippen LogP contribution in [-0.4, -0.2) is 51.3 Å². The zero-order chi connectivity index (χ0) is 10.1. The molecule has 2 N–H and O–H groups in total. The molecular weight excluding hydrogens is 192 g/mol. The summed E-state index contributed by atoms with van der Waals surface area (Å²) >= 11 is 0. The van der Waals surface area contributed by atoms with Gasteiger partial charge in [-0.15, -0.1) is 0 Å². The molecule has 0 bridgehead atoms. The second-order valence-electron chi connectivity index (χ2n) is 3.35. The van der Waals surface area contributed by atoms with Crippen LogP contribution < -0.4 is 5.73 Å². The van der Waals surface area contributed by atoms with Crippen LogP contribution >= 0.6 is 0 Å². The lowest BCUT2D eigenvalue weighted by Gasteiger charge is -2.34. The molecule has 0 spiro atoms. The highest BCUT2D eigenvalue weighted by Crippen LogP contribution is 2.14. The van der Waals surface area contributed by atoms with Gasteiger partial charge in [0, 0.05) is 26.2 Å². The molecule has 0 aromatic heterocycles. The Morgan fingerprint density at radius 2 is 2.15 bits per heavy atom. The number of nitrogens with two attached hydrogens (primary N) is 1. The lowest BCUT2D eigenvalue weighted by Crippen LogP contribution is -2.52. The van der Waals surface area contributed by atoms with E-state index in [-0.39, 0.29) is 12.1 Å². The lowest BCUT2D eigenvalue weighted by molar-refractivity contribution is 0.0415. The van der Waals surface area contributed by atoms with Crippen LogP contribution in [0.25, 0.3) is 0 Å². The summed E-state index contributed by atoms with van der Waals surface area (Å²) in [6, 6.07) is -0.0528. The first-order valence-electron chi connectivity index (χ1n) is 4.18. The zero-order valence-corrected chi connectivity index (χ0v) is 8.75. The molecule has 1 heterocycles. The number of sulfonamides is 1. The predicted octanol–water partition coefficient (Wildman–Crippen LogP) is -1.01. The normalized spacial score (nSPS) is 31.9. The van der Waals surface area contributed by atoms with Crippen molar-refractivity contribution in [2.75, 3.05) is 26.5 Å². The quantitative estimate of drug-likeness (QED) is 0.631. The van der Waals surface area contributed by atoms with Crippen molar-refractivity contribution in [2.24, 2.45) is 5.73 Å². The minimum atomic E-state index is -3.09. The maximum absolute atomic E-state index is 11.2. The minimum Gasteiger partial charge on any atom is -0.378 e. The standard InChI is InChI=1S/C7H16N2O3S/c1-12-7-5-9(13(2,10)11)4-3-6(7)8/h6-7H,3-5,8H2,1-2H3/t6-,7-/m1/s1. The van der Waals surface area contributed by atoms with Gasteiger partial charge in [0.05, 0.1) is 12.4 Å². The molecule has 0 aliphatic carbocycles. The maximum atomic E-state index is 11.2. The smallest absolute Gasteiger partial charge is 0.211 e. The van der Waals surface area contributed by atoms with Gasteiger partial charge in [-0.1, -0.05) is 0 Å². The van der Waals surface area contributed by atoms with E-state index in [1.165, 1.54) is 10.6 Å². The van der Waals surface area contributed by atoms with Crippen molar-refractivity contribution >= 4 is 10.0 Å². The van der Waals surface area contributed by atoms with Crippen LogP contribution in [0.3, 0.4) is 0 Å². The Kier molecular flexibility index (Phi) is 3.28. The van der Waals surface area contributed by atoms with Crippen LogP contribution in [0.1, 0.15) is 6.42 Å². The Balaban J connectivity index is 2.65. The Morgan fingerprint density at radius 3 is 2.62 bits per heavy atom. The van der Waals surface area contributed by atoms with Crippen molar-refractivity contribution in [1.82, 2.24) is 4.31 Å². The van der Waals surface area contributed by atoms with Crippen molar-refractivity contribution in [1.29, 1.82) is 0 Å². The molecule has 0 unspecified atom stereocenters. The molecule has 0 amide bonds. The van der Waals surface area contributed by atoms with E-state index in [1.54, 1.807) is 7.11 Å². The molecule has 0 aromatic carbocycles. The predicted molar refractivity (Wildman–Crippen MR) is 49.8 cm³/mol. The number of hydrogen-bond donors (Lipinski definition) is 1. The van der Waals surface area contributed by atoms with E-state index in [0.717, 1.165) is 0 Å². The Labute approximate surface area is 78.9 Å². The summed E-state index contributed by atoms with van der Waals surface area (Å²) in [7, 11) is -1.54. The van der Waals surface area contributed by atoms with Gasteiger partial charge in [0.1, 0.15) is 0 Å². The highest BCUT2D eigenvalue weighted by molar-refractivity contribution is 7.88. The van der Waals surface area contributed by atoms with Crippen molar-refractivity contribution < 1.29 is 13.2 Å². The zero-order valence-electron chi connectivity index (χ0n) is 7.93. The van der Waals surface area contributed by atoms with Gasteiger partial charge in [0.15, 0.2) is 0 Å². The third-order valence-corrected chi connectivity index (χ3v) is 3.61. The summed E-state index contributed by atoms with van der Waals surface area (Å²) in [6.07, 6.45) is 1.69. The second kappa shape index (κ2) is 3.91. The van der Waals surface area contributed by atoms with Crippen LogP contribution in [-0.2, 0) is 14.8 Å². The number of piperidine rings is 1. The van der Waals surface area contributed by atoms with Crippen LogP contribution in [0, 0.1) is 0 Å². The van der Waals surface area contributed by atoms with E-state index >= 15 is 0 Å². The van der Waals surface area contributed by atoms with Gasteiger partial charge in [-0.2, -0.15) is 4.31 Å². The Bertz CT molecular complexity index is 265. The third kappa shape index (κ3) is 2.63. The van der Waals surface area contributed by atoms with Crippen LogP contribution in [0.5, 0.6) is 0 Å². The summed E-state index contributed by atoms with van der Waals surface area (Å²) < 4.78 is 28.9. The van der Waals surface area contributed by atoms with Gasteiger partial charge in [-0.25, -0.2) is 8.42 Å². The van der Waals surface area contributed by atoms with E-state index in [1.807, 2.05) is 0 Å². The van der Waals surface area contributed by atoms with Gasteiger partial charge in [0.25, 0.3) is 0 Å². The monoisotopic (exact) mass is 208 g/mol. The van der Waals surface area contributed by atoms with Gasteiger partial charge in [-0.3, -0.25) is 0 Å². The van der Waals surface area contributed by atoms with Crippen LogP contribution in [0.2, 0.25) is 0 Å². The van der Waals surface area contributed by atoms with Crippen LogP contribution in [0.15, 0.2) is 0 Å². The highest BCUT2D eigenvalue weighted by Gasteiger charge is 2.30. The average molecular weight is 208 g/mol. The number of ether oxygens (including phenoxy) is 1. The van der Waals surface area contributed by atoms with Gasteiger partial charge < -0.3 is 10.5 Å². The summed E-state index contributed by atoms with van der Waals surface area (Å²) in [4.78, 5) is 0. The fraction of sp³-hybridized carbons (Fsp3) is 1.00. The molecule has 78 valence electrons. The number of hydrogen-bond acceptors (Lipinski definition) is 4. The topological polar surface area (TPSA) is 72.6 Å². The summed E-state index contributed by atoms with van der Waals surface area (Å²) in [5.74, 6) is 0. The number of methoxy groups -OCH3 is 1. The van der Waals surface area contributed by atoms with E-state index in [4.69, 9.17) is 10.5 Å². The molecule has 2 atom stereocenters. The maximum Gasteiger partial charge on any atom is 0.211 e. The van der Waals surface area contributed by atoms with E-state index < -0.39 is 10.0 Å². The highest BCUT2D eigenvalue weighted by atomic mass is 32.2. The fourth-order valence-electron chi connectivity index (χ4n) is 1.46. The minimum absolute atomic E-state index is 0.0528. The fourth-order valence-corrected chi connectivity index (χ4v) is 2.31. The SMILES string of the molecule is CO[C@@H]1CN(S(C)(=O)=O)CC[C@H]1N. The summed E-state index contributed by atoms with van der Waals surface area (Å²) in [5.41, 5.74) is 5.75. The largest absolute Gasteiger partial charge is 0.378 e. The van der Waals surface area contributed by atoms with E-state index in [2.05, 4.69) is 0 Å². The molecule has 0 radical (unpaired) electrons. The Hall–Kier alpha value is -0.170. The molecule has 5 nitrogen and oxygen atoms in total. The first kappa shape index (κ1) is 10.9. The molecule has 0 saturated carbocycles. The van der Waals surface area contributed by atoms with Crippen molar-refractivity contribution in [3.05, 3.63) is 0 Å². The van der Waals surface area contributed by atoms with E-state index in [0.29, 0.717) is 19.5 Å². The molecule has 1 saturated heterocycles. The first-order valence-corrected chi connectivity index (χ1v) is 6.03. The molecule has 1 rings (SSSR count). The molecule has 1 aliphatic rings. The van der Waals surface area contributed by atoms with E-state index in [9.17, 15) is 8.42 Å². The summed E-state index contributed by atoms with van der Waals surface area (Å²) in [6.45, 7) is 0.871. The van der Waals surface area contributed by atoms with Crippen molar-refractivity contribution in [2.45, 2.75) is 18.6 Å². The average Bonchev–Trinajstić information content (AvgIpc) is 2.03. The van der Waals surface area contributed by atoms with Gasteiger partial charge in [0.2, 0.25) is 10.0 Å². The molecule has 0 aromatic rings. The van der Waals surface area contributed by atoms with Crippen LogP contribution in [0.4, 0.5) is 0 Å². The third-order valence-electron chi connectivity index (χ3n) is 2.34. The van der Waals surface area contributed by atoms with Crippen molar-refractivity contribution in [3.8, 4) is 0 Å². The Morgan fingerprint density at radius 1 is 1.54 bits per heavy atom. The number of nitrogens with zero attached hydrogens (tertiary/aromatic N) is 1. The molecule has 1 aliphatic heterocycles. The van der Waals surface area contributed by atoms with Crippen molar-refractivity contribution in [3.63, 3.8) is 0 Å². The second-order valence-corrected chi connectivity index (χ2v) is 5.33. The lowest BCUT2D eigenvalue weighted by atomic mass is 10.1. The van der Waals surface area contributed by atoms with Gasteiger partial charge in [-0.05, 0) is 6.42 Å². The molecule has 6 heteroatoms. The summed E-state index contributed by atoms with van der Waals surface area (Å²) in [5, 5.41) is 0. The molecule has 13 heavy (non-hydrogen) atoms. The molecular formula is C7H16N2O3S. The first-order chi connectivity index (χ1) is 5.95. The number of rotatable bonds is 2. The van der Waals surface area contributed by atoms with Gasteiger partial charge >= 0.3 is 0 Å². The molecule has 1 fully saturated rings.